The Morgan fingerprint density at radius 3 is 2.87 bits per heavy atom. The van der Waals surface area contributed by atoms with Crippen LogP contribution >= 0.6 is 0 Å². The van der Waals surface area contributed by atoms with E-state index in [1.54, 1.807) is 6.92 Å². The molecule has 1 atom stereocenters. The zero-order valence-electron chi connectivity index (χ0n) is 9.57. The predicted octanol–water partition coefficient (Wildman–Crippen LogP) is 1.33. The highest BCUT2D eigenvalue weighted by atomic mass is 16.3. The monoisotopic (exact) mass is 209 g/mol. The largest absolute Gasteiger partial charge is 0.393 e. The van der Waals surface area contributed by atoms with Crippen LogP contribution < -0.4 is 10.2 Å². The Hall–Kier alpha value is -1.29. The number of aromatic nitrogens is 1. The van der Waals surface area contributed by atoms with Crippen molar-refractivity contribution in [3.8, 4) is 0 Å². The molecule has 0 aliphatic rings. The summed E-state index contributed by atoms with van der Waals surface area (Å²) in [5, 5.41) is 12.2. The van der Waals surface area contributed by atoms with E-state index >= 15 is 0 Å². The summed E-state index contributed by atoms with van der Waals surface area (Å²) in [6.45, 7) is 2.60. The SMILES string of the molecule is CNc1cccc(N(C)CCC(C)O)n1. The summed E-state index contributed by atoms with van der Waals surface area (Å²) in [4.78, 5) is 6.44. The second kappa shape index (κ2) is 5.56. The van der Waals surface area contributed by atoms with E-state index in [2.05, 4.69) is 10.3 Å². The van der Waals surface area contributed by atoms with E-state index in [1.807, 2.05) is 37.2 Å². The molecule has 0 saturated carbocycles. The Morgan fingerprint density at radius 1 is 1.53 bits per heavy atom. The first kappa shape index (κ1) is 11.8. The fourth-order valence-corrected chi connectivity index (χ4v) is 1.27. The predicted molar refractivity (Wildman–Crippen MR) is 63.4 cm³/mol. The molecule has 1 rings (SSSR count). The third-order valence-electron chi connectivity index (χ3n) is 2.26. The highest BCUT2D eigenvalue weighted by Crippen LogP contribution is 2.12. The molecule has 84 valence electrons. The number of nitrogens with one attached hydrogen (secondary N) is 1. The molecule has 4 nitrogen and oxygen atoms in total. The molecule has 2 N–H and O–H groups in total. The molecule has 0 radical (unpaired) electrons. The Morgan fingerprint density at radius 2 is 2.27 bits per heavy atom. The standard InChI is InChI=1S/C11H19N3O/c1-9(15)7-8-14(3)11-6-4-5-10(12-2)13-11/h4-6,9,15H,7-8H2,1-3H3,(H,12,13). The van der Waals surface area contributed by atoms with Crippen LogP contribution in [-0.4, -0.2) is 36.8 Å². The molecule has 1 aromatic heterocycles. The third kappa shape index (κ3) is 3.75. The summed E-state index contributed by atoms with van der Waals surface area (Å²) >= 11 is 0. The van der Waals surface area contributed by atoms with Gasteiger partial charge in [-0.2, -0.15) is 0 Å². The number of aliphatic hydroxyl groups is 1. The van der Waals surface area contributed by atoms with Crippen LogP contribution in [0.5, 0.6) is 0 Å². The first-order valence-corrected chi connectivity index (χ1v) is 5.17. The fourth-order valence-electron chi connectivity index (χ4n) is 1.27. The summed E-state index contributed by atoms with van der Waals surface area (Å²) in [6, 6.07) is 5.85. The maximum atomic E-state index is 9.19. The van der Waals surface area contributed by atoms with E-state index in [0.29, 0.717) is 0 Å². The Kier molecular flexibility index (Phi) is 4.37. The van der Waals surface area contributed by atoms with Gasteiger partial charge in [0.2, 0.25) is 0 Å². The van der Waals surface area contributed by atoms with Gasteiger partial charge in [-0.3, -0.25) is 0 Å². The van der Waals surface area contributed by atoms with Crippen LogP contribution in [-0.2, 0) is 0 Å². The summed E-state index contributed by atoms with van der Waals surface area (Å²) < 4.78 is 0. The molecule has 1 aromatic rings. The molecule has 0 bridgehead atoms. The number of hydrogen-bond acceptors (Lipinski definition) is 4. The second-order valence-corrected chi connectivity index (χ2v) is 3.69. The Bertz CT molecular complexity index is 302. The lowest BCUT2D eigenvalue weighted by atomic mass is 10.3. The van der Waals surface area contributed by atoms with E-state index in [9.17, 15) is 5.11 Å². The van der Waals surface area contributed by atoms with E-state index in [4.69, 9.17) is 0 Å². The molecule has 1 heterocycles. The van der Waals surface area contributed by atoms with Gasteiger partial charge in [0.15, 0.2) is 0 Å². The van der Waals surface area contributed by atoms with E-state index in [1.165, 1.54) is 0 Å². The van der Waals surface area contributed by atoms with Crippen LogP contribution in [0.1, 0.15) is 13.3 Å². The Labute approximate surface area is 90.9 Å². The molecule has 15 heavy (non-hydrogen) atoms. The number of anilines is 2. The minimum absolute atomic E-state index is 0.264. The molecule has 0 aliphatic carbocycles. The highest BCUT2D eigenvalue weighted by Gasteiger charge is 2.04. The van der Waals surface area contributed by atoms with Gasteiger partial charge < -0.3 is 15.3 Å². The quantitative estimate of drug-likeness (QED) is 0.768. The smallest absolute Gasteiger partial charge is 0.130 e. The van der Waals surface area contributed by atoms with Crippen molar-refractivity contribution >= 4 is 11.6 Å². The number of pyridine rings is 1. The van der Waals surface area contributed by atoms with Crippen molar-refractivity contribution in [1.29, 1.82) is 0 Å². The van der Waals surface area contributed by atoms with Crippen LogP contribution in [0.2, 0.25) is 0 Å². The van der Waals surface area contributed by atoms with Gasteiger partial charge in [-0.1, -0.05) is 6.07 Å². The summed E-state index contributed by atoms with van der Waals surface area (Å²) in [5.41, 5.74) is 0. The van der Waals surface area contributed by atoms with Gasteiger partial charge in [0, 0.05) is 20.6 Å². The summed E-state index contributed by atoms with van der Waals surface area (Å²) in [6.07, 6.45) is 0.488. The van der Waals surface area contributed by atoms with Gasteiger partial charge in [-0.25, -0.2) is 4.98 Å². The summed E-state index contributed by atoms with van der Waals surface area (Å²) in [5.74, 6) is 1.78. The zero-order chi connectivity index (χ0) is 11.3. The molecule has 0 saturated heterocycles. The second-order valence-electron chi connectivity index (χ2n) is 3.69. The van der Waals surface area contributed by atoms with Crippen molar-refractivity contribution < 1.29 is 5.11 Å². The molecular weight excluding hydrogens is 190 g/mol. The van der Waals surface area contributed by atoms with Gasteiger partial charge in [-0.05, 0) is 25.5 Å². The molecule has 1 unspecified atom stereocenters. The van der Waals surface area contributed by atoms with Crippen LogP contribution in [0.4, 0.5) is 11.6 Å². The topological polar surface area (TPSA) is 48.4 Å². The van der Waals surface area contributed by atoms with Crippen molar-refractivity contribution in [1.82, 2.24) is 4.98 Å². The van der Waals surface area contributed by atoms with Crippen LogP contribution in [0.15, 0.2) is 18.2 Å². The van der Waals surface area contributed by atoms with Crippen LogP contribution in [0, 0.1) is 0 Å². The lowest BCUT2D eigenvalue weighted by Gasteiger charge is -2.19. The van der Waals surface area contributed by atoms with Crippen molar-refractivity contribution in [3.05, 3.63) is 18.2 Å². The number of nitrogens with zero attached hydrogens (tertiary/aromatic N) is 2. The van der Waals surface area contributed by atoms with Gasteiger partial charge >= 0.3 is 0 Å². The van der Waals surface area contributed by atoms with Gasteiger partial charge in [-0.15, -0.1) is 0 Å². The average Bonchev–Trinajstić information content (AvgIpc) is 2.26. The molecule has 0 aromatic carbocycles. The first-order chi connectivity index (χ1) is 7.13. The number of rotatable bonds is 5. The number of aliphatic hydroxyl groups excluding tert-OH is 1. The highest BCUT2D eigenvalue weighted by molar-refractivity contribution is 5.46. The maximum Gasteiger partial charge on any atom is 0.130 e. The van der Waals surface area contributed by atoms with Crippen LogP contribution in [0.25, 0.3) is 0 Å². The molecule has 0 fully saturated rings. The number of hydrogen-bond donors (Lipinski definition) is 2. The van der Waals surface area contributed by atoms with Crippen molar-refractivity contribution in [2.75, 3.05) is 30.9 Å². The molecular formula is C11H19N3O. The Balaban J connectivity index is 2.60. The minimum Gasteiger partial charge on any atom is -0.393 e. The average molecular weight is 209 g/mol. The van der Waals surface area contributed by atoms with Crippen LogP contribution in [0.3, 0.4) is 0 Å². The normalized spacial score (nSPS) is 12.3. The molecule has 0 spiro atoms. The van der Waals surface area contributed by atoms with Gasteiger partial charge in [0.05, 0.1) is 6.10 Å². The fraction of sp³-hybridized carbons (Fsp3) is 0.545. The maximum absolute atomic E-state index is 9.19. The van der Waals surface area contributed by atoms with Crippen molar-refractivity contribution in [2.24, 2.45) is 0 Å². The van der Waals surface area contributed by atoms with Gasteiger partial charge in [0.1, 0.15) is 11.6 Å². The van der Waals surface area contributed by atoms with E-state index < -0.39 is 0 Å². The minimum atomic E-state index is -0.264. The van der Waals surface area contributed by atoms with Gasteiger partial charge in [0.25, 0.3) is 0 Å². The summed E-state index contributed by atoms with van der Waals surface area (Å²) in [7, 11) is 3.83. The molecule has 4 heteroatoms. The van der Waals surface area contributed by atoms with Crippen molar-refractivity contribution in [2.45, 2.75) is 19.4 Å². The third-order valence-corrected chi connectivity index (χ3v) is 2.26. The zero-order valence-corrected chi connectivity index (χ0v) is 9.57. The van der Waals surface area contributed by atoms with E-state index in [0.717, 1.165) is 24.6 Å². The lowest BCUT2D eigenvalue weighted by Crippen LogP contribution is -2.22. The lowest BCUT2D eigenvalue weighted by molar-refractivity contribution is 0.187. The molecule has 0 amide bonds. The first-order valence-electron chi connectivity index (χ1n) is 5.17. The molecule has 0 aliphatic heterocycles. The van der Waals surface area contributed by atoms with Crippen molar-refractivity contribution in [3.63, 3.8) is 0 Å². The van der Waals surface area contributed by atoms with E-state index in [-0.39, 0.29) is 6.10 Å².